The lowest BCUT2D eigenvalue weighted by molar-refractivity contribution is -0.659. The smallest absolute Gasteiger partial charge is 0.228 e. The molecule has 2 heterocycles. The zero-order chi connectivity index (χ0) is 22.9. The van der Waals surface area contributed by atoms with Gasteiger partial charge in [0.05, 0.1) is 19.0 Å². The molecule has 1 aromatic heterocycles. The van der Waals surface area contributed by atoms with E-state index >= 15 is 0 Å². The number of ether oxygens (including phenoxy) is 1. The van der Waals surface area contributed by atoms with E-state index in [2.05, 4.69) is 102 Å². The van der Waals surface area contributed by atoms with Crippen LogP contribution in [0.3, 0.4) is 0 Å². The van der Waals surface area contributed by atoms with E-state index in [0.29, 0.717) is 5.92 Å². The molecule has 0 saturated heterocycles. The van der Waals surface area contributed by atoms with Crippen molar-refractivity contribution in [2.45, 2.75) is 53.8 Å². The van der Waals surface area contributed by atoms with E-state index in [-0.39, 0.29) is 0 Å². The molecule has 1 aliphatic rings. The minimum Gasteiger partial charge on any atom is -0.456 e. The molecule has 164 valence electrons. The van der Waals surface area contributed by atoms with Gasteiger partial charge in [0.25, 0.3) is 0 Å². The highest BCUT2D eigenvalue weighted by molar-refractivity contribution is 6.91. The van der Waals surface area contributed by atoms with Crippen LogP contribution < -0.4 is 14.5 Å². The Hall–Kier alpha value is -2.65. The van der Waals surface area contributed by atoms with E-state index in [1.165, 1.54) is 54.7 Å². The summed E-state index contributed by atoms with van der Waals surface area (Å²) in [5, 5.41) is 6.68. The van der Waals surface area contributed by atoms with Gasteiger partial charge in [-0.05, 0) is 64.7 Å². The Morgan fingerprint density at radius 1 is 0.969 bits per heavy atom. The minimum atomic E-state index is -1.72. The number of pyridine rings is 1. The average Bonchev–Trinajstić information content (AvgIpc) is 2.68. The van der Waals surface area contributed by atoms with E-state index in [1.807, 2.05) is 0 Å². The largest absolute Gasteiger partial charge is 0.456 e. The van der Waals surface area contributed by atoms with E-state index in [4.69, 9.17) is 4.74 Å². The maximum Gasteiger partial charge on any atom is 0.228 e. The maximum absolute atomic E-state index is 6.93. The molecule has 0 saturated carbocycles. The number of rotatable bonds is 3. The summed E-state index contributed by atoms with van der Waals surface area (Å²) < 4.78 is 9.22. The number of aromatic nitrogens is 1. The van der Waals surface area contributed by atoms with Crippen molar-refractivity contribution >= 4 is 34.8 Å². The molecule has 0 radical (unpaired) electrons. The van der Waals surface area contributed by atoms with Crippen LogP contribution in [0.5, 0.6) is 11.5 Å². The van der Waals surface area contributed by atoms with Crippen molar-refractivity contribution in [1.29, 1.82) is 0 Å². The van der Waals surface area contributed by atoms with E-state index in [1.54, 1.807) is 0 Å². The fourth-order valence-electron chi connectivity index (χ4n) is 5.48. The molecule has 3 aromatic carbocycles. The molecule has 3 heteroatoms. The van der Waals surface area contributed by atoms with Crippen molar-refractivity contribution in [2.24, 2.45) is 13.0 Å². The van der Waals surface area contributed by atoms with Gasteiger partial charge in [-0.25, -0.2) is 4.57 Å². The number of fused-ring (bicyclic) bond motifs is 3. The molecule has 0 amide bonds. The Kier molecular flexibility index (Phi) is 4.76. The highest BCUT2D eigenvalue weighted by atomic mass is 28.3. The zero-order valence-electron chi connectivity index (χ0n) is 20.7. The maximum atomic E-state index is 6.93. The zero-order valence-corrected chi connectivity index (χ0v) is 21.7. The molecule has 2 nitrogen and oxygen atoms in total. The van der Waals surface area contributed by atoms with Gasteiger partial charge in [0.2, 0.25) is 5.69 Å². The summed E-state index contributed by atoms with van der Waals surface area (Å²) in [7, 11) is 0.451. The Balaban J connectivity index is 1.96. The molecule has 0 N–H and O–H groups in total. The standard InChI is InChI=1S/C29H34NOSi/c1-17(2)13-20-15-21-11-12-30(5)27-25-19(4)22-10-9-18(3)14-23(22)29(32(6,7)8)28(25)31-24(16-20)26(21)27/h9-12,14-17H,13H2,1-8H3/q+1. The van der Waals surface area contributed by atoms with Crippen molar-refractivity contribution in [3.05, 3.63) is 59.3 Å². The summed E-state index contributed by atoms with van der Waals surface area (Å²) in [5.74, 6) is 2.72. The third-order valence-corrected chi connectivity index (χ3v) is 8.78. The molecular formula is C29H34NOSi+. The second-order valence-corrected chi connectivity index (χ2v) is 16.0. The van der Waals surface area contributed by atoms with Gasteiger partial charge in [-0.15, -0.1) is 0 Å². The number of nitrogens with zero attached hydrogens (tertiary/aromatic N) is 1. The second kappa shape index (κ2) is 7.18. The molecular weight excluding hydrogens is 406 g/mol. The highest BCUT2D eigenvalue weighted by Gasteiger charge is 2.36. The van der Waals surface area contributed by atoms with Gasteiger partial charge in [0, 0.05) is 6.07 Å². The number of aryl methyl sites for hydroxylation is 3. The van der Waals surface area contributed by atoms with E-state index < -0.39 is 8.07 Å². The predicted molar refractivity (Wildman–Crippen MR) is 139 cm³/mol. The summed E-state index contributed by atoms with van der Waals surface area (Å²) in [6, 6.07) is 13.8. The van der Waals surface area contributed by atoms with Crippen LogP contribution >= 0.6 is 0 Å². The molecule has 0 spiro atoms. The van der Waals surface area contributed by atoms with Crippen molar-refractivity contribution < 1.29 is 9.30 Å². The van der Waals surface area contributed by atoms with Crippen molar-refractivity contribution in [1.82, 2.24) is 0 Å². The van der Waals surface area contributed by atoms with Gasteiger partial charge in [0.15, 0.2) is 6.20 Å². The van der Waals surface area contributed by atoms with Gasteiger partial charge in [-0.1, -0.05) is 63.3 Å². The Morgan fingerprint density at radius 2 is 1.72 bits per heavy atom. The van der Waals surface area contributed by atoms with Crippen LogP contribution in [0.4, 0.5) is 0 Å². The summed E-state index contributed by atoms with van der Waals surface area (Å²) in [6.45, 7) is 16.3. The normalized spacial score (nSPS) is 13.0. The predicted octanol–water partition coefficient (Wildman–Crippen LogP) is 6.95. The molecule has 0 fully saturated rings. The summed E-state index contributed by atoms with van der Waals surface area (Å²) in [6.07, 6.45) is 3.27. The monoisotopic (exact) mass is 440 g/mol. The van der Waals surface area contributed by atoms with Gasteiger partial charge in [-0.3, -0.25) is 0 Å². The van der Waals surface area contributed by atoms with Gasteiger partial charge >= 0.3 is 0 Å². The van der Waals surface area contributed by atoms with Crippen molar-refractivity contribution in [3.8, 4) is 22.8 Å². The molecule has 5 rings (SSSR count). The van der Waals surface area contributed by atoms with Crippen molar-refractivity contribution in [2.75, 3.05) is 0 Å². The molecule has 0 unspecified atom stereocenters. The average molecular weight is 441 g/mol. The van der Waals surface area contributed by atoms with Crippen molar-refractivity contribution in [3.63, 3.8) is 0 Å². The second-order valence-electron chi connectivity index (χ2n) is 11.0. The number of hydrogen-bond donors (Lipinski definition) is 0. The molecule has 32 heavy (non-hydrogen) atoms. The van der Waals surface area contributed by atoms with Crippen LogP contribution in [0.15, 0.2) is 42.6 Å². The Labute approximate surface area is 192 Å². The van der Waals surface area contributed by atoms with Crippen LogP contribution in [0.25, 0.3) is 32.8 Å². The number of benzene rings is 3. The third kappa shape index (κ3) is 3.17. The lowest BCUT2D eigenvalue weighted by atomic mass is 9.90. The first-order chi connectivity index (χ1) is 15.1. The van der Waals surface area contributed by atoms with Gasteiger partial charge in [0.1, 0.15) is 18.5 Å². The van der Waals surface area contributed by atoms with Crippen LogP contribution in [-0.4, -0.2) is 8.07 Å². The van der Waals surface area contributed by atoms with Crippen LogP contribution in [0.2, 0.25) is 19.6 Å². The Morgan fingerprint density at radius 3 is 2.41 bits per heavy atom. The van der Waals surface area contributed by atoms with Gasteiger partial charge in [-0.2, -0.15) is 0 Å². The fourth-order valence-corrected chi connectivity index (χ4v) is 7.35. The van der Waals surface area contributed by atoms with Crippen LogP contribution in [0.1, 0.15) is 30.5 Å². The minimum absolute atomic E-state index is 0.613. The molecule has 0 atom stereocenters. The summed E-state index contributed by atoms with van der Waals surface area (Å²) >= 11 is 0. The Bertz CT molecular complexity index is 1410. The lowest BCUT2D eigenvalue weighted by Gasteiger charge is -2.30. The fraction of sp³-hybridized carbons (Fsp3) is 0.345. The molecule has 0 bridgehead atoms. The lowest BCUT2D eigenvalue weighted by Crippen LogP contribution is -2.41. The highest BCUT2D eigenvalue weighted by Crippen LogP contribution is 2.48. The quantitative estimate of drug-likeness (QED) is 0.218. The molecule has 4 aromatic rings. The first-order valence-corrected chi connectivity index (χ1v) is 15.3. The van der Waals surface area contributed by atoms with Gasteiger partial charge < -0.3 is 4.74 Å². The first-order valence-electron chi connectivity index (χ1n) is 11.8. The number of hydrogen-bond acceptors (Lipinski definition) is 1. The summed E-state index contributed by atoms with van der Waals surface area (Å²) in [4.78, 5) is 0. The van der Waals surface area contributed by atoms with E-state index in [0.717, 1.165) is 17.9 Å². The molecule has 1 aliphatic heterocycles. The third-order valence-electron chi connectivity index (χ3n) is 6.78. The van der Waals surface area contributed by atoms with E-state index in [9.17, 15) is 0 Å². The first kappa shape index (κ1) is 21.2. The summed E-state index contributed by atoms with van der Waals surface area (Å²) in [5.41, 5.74) is 6.54. The molecule has 0 aliphatic carbocycles. The topological polar surface area (TPSA) is 13.1 Å². The van der Waals surface area contributed by atoms with Crippen LogP contribution in [-0.2, 0) is 13.5 Å². The van der Waals surface area contributed by atoms with Crippen LogP contribution in [0, 0.1) is 19.8 Å². The SMILES string of the molecule is Cc1ccc2c(C)c3c(c([Si](C)(C)C)c2c1)Oc1cc(CC(C)C)cc2cc[n+](C)c-3c12.